The molecule has 0 saturated heterocycles. The largest absolute Gasteiger partial charge is 0.288 e. The SMILES string of the molecule is C=CC(=C)/C=C(\C=NCC(=C)C)c1cccc(C)c1. The number of allylic oxidation sites excluding steroid dienone is 4. The van der Waals surface area contributed by atoms with Crippen molar-refractivity contribution in [2.24, 2.45) is 4.99 Å². The van der Waals surface area contributed by atoms with Crippen molar-refractivity contribution in [2.45, 2.75) is 13.8 Å². The Morgan fingerprint density at radius 3 is 2.63 bits per heavy atom. The molecule has 1 rings (SSSR count). The van der Waals surface area contributed by atoms with Crippen LogP contribution in [0.3, 0.4) is 0 Å². The molecule has 19 heavy (non-hydrogen) atoms. The molecular weight excluding hydrogens is 230 g/mol. The molecule has 0 radical (unpaired) electrons. The molecule has 0 unspecified atom stereocenters. The number of nitrogens with zero attached hydrogens (tertiary/aromatic N) is 1. The summed E-state index contributed by atoms with van der Waals surface area (Å²) in [7, 11) is 0. The minimum absolute atomic E-state index is 0.643. The number of hydrogen-bond acceptors (Lipinski definition) is 1. The molecule has 0 atom stereocenters. The molecule has 1 aromatic rings. The Kier molecular flexibility index (Phi) is 5.74. The Morgan fingerprint density at radius 2 is 2.05 bits per heavy atom. The predicted octanol–water partition coefficient (Wildman–Crippen LogP) is 4.77. The Hall–Kier alpha value is -2.15. The predicted molar refractivity (Wildman–Crippen MR) is 86.7 cm³/mol. The van der Waals surface area contributed by atoms with E-state index in [4.69, 9.17) is 0 Å². The lowest BCUT2D eigenvalue weighted by Gasteiger charge is -2.04. The molecule has 0 aliphatic heterocycles. The molecule has 0 saturated carbocycles. The average Bonchev–Trinajstić information content (AvgIpc) is 2.37. The minimum atomic E-state index is 0.643. The van der Waals surface area contributed by atoms with Gasteiger partial charge >= 0.3 is 0 Å². The molecule has 98 valence electrons. The average molecular weight is 251 g/mol. The van der Waals surface area contributed by atoms with E-state index < -0.39 is 0 Å². The number of hydrogen-bond donors (Lipinski definition) is 0. The third kappa shape index (κ3) is 5.35. The van der Waals surface area contributed by atoms with Crippen molar-refractivity contribution < 1.29 is 0 Å². The molecular formula is C18H21N. The van der Waals surface area contributed by atoms with E-state index in [9.17, 15) is 0 Å². The zero-order chi connectivity index (χ0) is 14.3. The first-order valence-electron chi connectivity index (χ1n) is 6.27. The Bertz CT molecular complexity index is 545. The number of aliphatic imine (C=N–C) groups is 1. The highest BCUT2D eigenvalue weighted by Gasteiger charge is 1.99. The van der Waals surface area contributed by atoms with Crippen LogP contribution in [0.25, 0.3) is 5.57 Å². The van der Waals surface area contributed by atoms with Crippen molar-refractivity contribution in [3.63, 3.8) is 0 Å². The monoisotopic (exact) mass is 251 g/mol. The fourth-order valence-corrected chi connectivity index (χ4v) is 1.58. The van der Waals surface area contributed by atoms with E-state index in [2.05, 4.69) is 49.9 Å². The van der Waals surface area contributed by atoms with E-state index >= 15 is 0 Å². The van der Waals surface area contributed by atoms with Crippen LogP contribution in [-0.4, -0.2) is 12.8 Å². The van der Waals surface area contributed by atoms with Gasteiger partial charge in [-0.05, 0) is 31.1 Å². The van der Waals surface area contributed by atoms with Gasteiger partial charge in [-0.3, -0.25) is 4.99 Å². The summed E-state index contributed by atoms with van der Waals surface area (Å²) in [5.41, 5.74) is 5.31. The van der Waals surface area contributed by atoms with Crippen molar-refractivity contribution in [3.05, 3.63) is 78.4 Å². The van der Waals surface area contributed by atoms with Crippen LogP contribution < -0.4 is 0 Å². The molecule has 1 nitrogen and oxygen atoms in total. The van der Waals surface area contributed by atoms with Crippen LogP contribution in [0.2, 0.25) is 0 Å². The fraction of sp³-hybridized carbons (Fsp3) is 0.167. The third-order valence-corrected chi connectivity index (χ3v) is 2.55. The summed E-state index contributed by atoms with van der Waals surface area (Å²) < 4.78 is 0. The fourth-order valence-electron chi connectivity index (χ4n) is 1.58. The van der Waals surface area contributed by atoms with Gasteiger partial charge in [-0.25, -0.2) is 0 Å². The van der Waals surface area contributed by atoms with Gasteiger partial charge in [-0.2, -0.15) is 0 Å². The first kappa shape index (κ1) is 14.9. The van der Waals surface area contributed by atoms with E-state index in [0.717, 1.165) is 22.3 Å². The van der Waals surface area contributed by atoms with E-state index in [1.54, 1.807) is 6.08 Å². The van der Waals surface area contributed by atoms with E-state index in [1.807, 2.05) is 25.3 Å². The lowest BCUT2D eigenvalue weighted by molar-refractivity contribution is 1.15. The highest BCUT2D eigenvalue weighted by Crippen LogP contribution is 2.16. The van der Waals surface area contributed by atoms with Crippen LogP contribution in [0.4, 0.5) is 0 Å². The van der Waals surface area contributed by atoms with Gasteiger partial charge in [0.25, 0.3) is 0 Å². The second kappa shape index (κ2) is 7.32. The quantitative estimate of drug-likeness (QED) is 0.392. The third-order valence-electron chi connectivity index (χ3n) is 2.55. The first-order chi connectivity index (χ1) is 9.02. The Morgan fingerprint density at radius 1 is 1.32 bits per heavy atom. The molecule has 1 aromatic carbocycles. The smallest absolute Gasteiger partial charge is 0.0594 e. The maximum absolute atomic E-state index is 4.40. The molecule has 0 aliphatic rings. The van der Waals surface area contributed by atoms with Gasteiger partial charge in [0.2, 0.25) is 0 Å². The minimum Gasteiger partial charge on any atom is -0.288 e. The van der Waals surface area contributed by atoms with Gasteiger partial charge in [0.1, 0.15) is 0 Å². The van der Waals surface area contributed by atoms with Crippen molar-refractivity contribution in [1.82, 2.24) is 0 Å². The Balaban J connectivity index is 3.09. The zero-order valence-electron chi connectivity index (χ0n) is 11.8. The zero-order valence-corrected chi connectivity index (χ0v) is 11.8. The standard InChI is InChI=1S/C18H21N/c1-6-15(4)10-18(13-19-12-14(2)3)17-9-7-8-16(5)11-17/h6-11,13H,1-2,4,12H2,3,5H3/b18-10+,19-13?. The van der Waals surface area contributed by atoms with Gasteiger partial charge in [-0.1, -0.05) is 61.2 Å². The maximum atomic E-state index is 4.40. The summed E-state index contributed by atoms with van der Waals surface area (Å²) in [4.78, 5) is 4.40. The molecule has 0 aliphatic carbocycles. The van der Waals surface area contributed by atoms with Crippen LogP contribution in [0, 0.1) is 6.92 Å². The Labute approximate surface area is 116 Å². The van der Waals surface area contributed by atoms with Crippen LogP contribution in [0.15, 0.2) is 72.3 Å². The summed E-state index contributed by atoms with van der Waals surface area (Å²) in [5, 5.41) is 0. The van der Waals surface area contributed by atoms with Crippen LogP contribution in [-0.2, 0) is 0 Å². The van der Waals surface area contributed by atoms with Gasteiger partial charge in [0.05, 0.1) is 6.54 Å². The normalized spacial score (nSPS) is 11.6. The maximum Gasteiger partial charge on any atom is 0.0594 e. The van der Waals surface area contributed by atoms with E-state index in [1.165, 1.54) is 5.56 Å². The second-order valence-electron chi connectivity index (χ2n) is 4.68. The van der Waals surface area contributed by atoms with E-state index in [0.29, 0.717) is 6.54 Å². The lowest BCUT2D eigenvalue weighted by atomic mass is 10.0. The first-order valence-corrected chi connectivity index (χ1v) is 6.27. The molecule has 0 heterocycles. The highest BCUT2D eigenvalue weighted by atomic mass is 14.7. The van der Waals surface area contributed by atoms with Gasteiger partial charge < -0.3 is 0 Å². The molecule has 1 heteroatoms. The highest BCUT2D eigenvalue weighted by molar-refractivity contribution is 6.10. The lowest BCUT2D eigenvalue weighted by Crippen LogP contribution is -1.90. The van der Waals surface area contributed by atoms with Crippen molar-refractivity contribution >= 4 is 11.8 Å². The number of rotatable bonds is 6. The van der Waals surface area contributed by atoms with Crippen molar-refractivity contribution in [2.75, 3.05) is 6.54 Å². The second-order valence-corrected chi connectivity index (χ2v) is 4.68. The molecule has 0 spiro atoms. The molecule has 0 fully saturated rings. The summed E-state index contributed by atoms with van der Waals surface area (Å²) >= 11 is 0. The molecule has 0 N–H and O–H groups in total. The van der Waals surface area contributed by atoms with E-state index in [-0.39, 0.29) is 0 Å². The van der Waals surface area contributed by atoms with Gasteiger partial charge in [-0.15, -0.1) is 0 Å². The van der Waals surface area contributed by atoms with Crippen LogP contribution in [0.5, 0.6) is 0 Å². The number of aryl methyl sites for hydroxylation is 1. The number of benzene rings is 1. The summed E-state index contributed by atoms with van der Waals surface area (Å²) in [6.45, 7) is 16.2. The topological polar surface area (TPSA) is 12.4 Å². The van der Waals surface area contributed by atoms with Gasteiger partial charge in [0.15, 0.2) is 0 Å². The van der Waals surface area contributed by atoms with Gasteiger partial charge in [0, 0.05) is 11.8 Å². The van der Waals surface area contributed by atoms with Crippen LogP contribution in [0.1, 0.15) is 18.1 Å². The van der Waals surface area contributed by atoms with Crippen LogP contribution >= 0.6 is 0 Å². The summed E-state index contributed by atoms with van der Waals surface area (Å²) in [5.74, 6) is 0. The van der Waals surface area contributed by atoms with Crippen molar-refractivity contribution in [1.29, 1.82) is 0 Å². The summed E-state index contributed by atoms with van der Waals surface area (Å²) in [6.07, 6.45) is 5.60. The van der Waals surface area contributed by atoms with Crippen molar-refractivity contribution in [3.8, 4) is 0 Å². The summed E-state index contributed by atoms with van der Waals surface area (Å²) in [6, 6.07) is 8.33. The molecule has 0 aromatic heterocycles. The molecule has 0 bridgehead atoms. The molecule has 0 amide bonds.